The second-order valence-corrected chi connectivity index (χ2v) is 9.79. The van der Waals surface area contributed by atoms with Gasteiger partial charge in [0.05, 0.1) is 10.6 Å². The van der Waals surface area contributed by atoms with Crippen LogP contribution < -0.4 is 20.3 Å². The van der Waals surface area contributed by atoms with Crippen LogP contribution in [0.1, 0.15) is 21.5 Å². The molecule has 8 nitrogen and oxygen atoms in total. The Morgan fingerprint density at radius 2 is 1.67 bits per heavy atom. The first-order valence-corrected chi connectivity index (χ1v) is 12.1. The molecule has 3 rings (SSSR count). The van der Waals surface area contributed by atoms with Crippen molar-refractivity contribution in [2.45, 2.75) is 18.7 Å². The predicted molar refractivity (Wildman–Crippen MR) is 128 cm³/mol. The quantitative estimate of drug-likeness (QED) is 0.402. The van der Waals surface area contributed by atoms with Crippen LogP contribution >= 0.6 is 15.9 Å². The number of carbonyl (C=O) groups is 2. The summed E-state index contributed by atoms with van der Waals surface area (Å²) in [4.78, 5) is 24.3. The van der Waals surface area contributed by atoms with Crippen molar-refractivity contribution in [1.29, 1.82) is 0 Å². The molecule has 3 aromatic carbocycles. The van der Waals surface area contributed by atoms with Gasteiger partial charge in [-0.15, -0.1) is 0 Å². The van der Waals surface area contributed by atoms with Crippen molar-refractivity contribution in [3.8, 4) is 5.75 Å². The normalized spacial score (nSPS) is 10.9. The zero-order valence-corrected chi connectivity index (χ0v) is 20.3. The van der Waals surface area contributed by atoms with Crippen LogP contribution in [0, 0.1) is 13.8 Å². The number of anilines is 1. The lowest BCUT2D eigenvalue weighted by atomic mass is 10.1. The molecule has 0 fully saturated rings. The lowest BCUT2D eigenvalue weighted by Gasteiger charge is -2.12. The Morgan fingerprint density at radius 3 is 2.36 bits per heavy atom. The Bertz CT molecular complexity index is 1280. The molecule has 0 aliphatic carbocycles. The lowest BCUT2D eigenvalue weighted by Crippen LogP contribution is -2.43. The lowest BCUT2D eigenvalue weighted by molar-refractivity contribution is -0.123. The summed E-state index contributed by atoms with van der Waals surface area (Å²) in [5.41, 5.74) is 6.79. The summed E-state index contributed by atoms with van der Waals surface area (Å²) in [5, 5.41) is 0. The second-order valence-electron chi connectivity index (χ2n) is 7.20. The van der Waals surface area contributed by atoms with E-state index in [9.17, 15) is 18.0 Å². The van der Waals surface area contributed by atoms with Crippen molar-refractivity contribution in [2.24, 2.45) is 0 Å². The molecule has 0 unspecified atom stereocenters. The highest BCUT2D eigenvalue weighted by Gasteiger charge is 2.18. The molecule has 0 aromatic heterocycles. The van der Waals surface area contributed by atoms with E-state index in [1.165, 1.54) is 24.3 Å². The van der Waals surface area contributed by atoms with E-state index in [0.29, 0.717) is 11.4 Å². The van der Waals surface area contributed by atoms with E-state index in [4.69, 9.17) is 4.74 Å². The summed E-state index contributed by atoms with van der Waals surface area (Å²) in [7, 11) is -3.92. The average molecular weight is 532 g/mol. The fourth-order valence-corrected chi connectivity index (χ4v) is 4.29. The zero-order chi connectivity index (χ0) is 24.0. The van der Waals surface area contributed by atoms with Crippen LogP contribution in [0.5, 0.6) is 5.75 Å². The van der Waals surface area contributed by atoms with Gasteiger partial charge >= 0.3 is 0 Å². The first-order chi connectivity index (χ1) is 15.6. The first kappa shape index (κ1) is 24.3. The van der Waals surface area contributed by atoms with Gasteiger partial charge in [0.25, 0.3) is 21.8 Å². The molecule has 3 aromatic rings. The number of amides is 2. The minimum Gasteiger partial charge on any atom is -0.484 e. The SMILES string of the molecule is Cc1ccc(NS(=O)(=O)c2cccc(C(=O)NNC(=O)COc3ccc(Br)cc3)c2)c(C)c1. The summed E-state index contributed by atoms with van der Waals surface area (Å²) < 4.78 is 34.3. The van der Waals surface area contributed by atoms with Crippen LogP contribution in [-0.4, -0.2) is 26.8 Å². The number of rotatable bonds is 7. The van der Waals surface area contributed by atoms with Crippen LogP contribution in [0.4, 0.5) is 5.69 Å². The number of benzene rings is 3. The molecule has 2 amide bonds. The Morgan fingerprint density at radius 1 is 0.939 bits per heavy atom. The molecule has 0 radical (unpaired) electrons. The van der Waals surface area contributed by atoms with Gasteiger partial charge in [0, 0.05) is 10.0 Å². The van der Waals surface area contributed by atoms with Crippen molar-refractivity contribution in [2.75, 3.05) is 11.3 Å². The smallest absolute Gasteiger partial charge is 0.276 e. The number of halogens is 1. The predicted octanol–water partition coefficient (Wildman–Crippen LogP) is 3.71. The zero-order valence-electron chi connectivity index (χ0n) is 17.9. The monoisotopic (exact) mass is 531 g/mol. The molecular formula is C23H22BrN3O5S. The third-order valence-corrected chi connectivity index (χ3v) is 6.42. The van der Waals surface area contributed by atoms with Gasteiger partial charge in [-0.25, -0.2) is 8.42 Å². The summed E-state index contributed by atoms with van der Waals surface area (Å²) in [6.45, 7) is 3.41. The van der Waals surface area contributed by atoms with Crippen LogP contribution in [0.2, 0.25) is 0 Å². The van der Waals surface area contributed by atoms with E-state index in [2.05, 4.69) is 31.5 Å². The highest BCUT2D eigenvalue weighted by atomic mass is 79.9. The largest absolute Gasteiger partial charge is 0.484 e. The number of hydrogen-bond acceptors (Lipinski definition) is 5. The van der Waals surface area contributed by atoms with Gasteiger partial charge in [0.15, 0.2) is 6.61 Å². The highest BCUT2D eigenvalue weighted by Crippen LogP contribution is 2.21. The molecule has 0 bridgehead atoms. The molecule has 10 heteroatoms. The molecule has 0 aliphatic heterocycles. The number of ether oxygens (including phenoxy) is 1. The Balaban J connectivity index is 1.60. The third-order valence-electron chi connectivity index (χ3n) is 4.53. The standard InChI is InChI=1S/C23H22BrN3O5S/c1-15-6-11-21(16(2)12-15)27-33(30,31)20-5-3-4-17(13-20)23(29)26-25-22(28)14-32-19-9-7-18(24)8-10-19/h3-13,27H,14H2,1-2H3,(H,25,28)(H,26,29). The van der Waals surface area contributed by atoms with E-state index in [1.807, 2.05) is 13.0 Å². The molecule has 0 aliphatic rings. The minimum absolute atomic E-state index is 0.0626. The highest BCUT2D eigenvalue weighted by molar-refractivity contribution is 9.10. The van der Waals surface area contributed by atoms with Gasteiger partial charge in [-0.3, -0.25) is 25.2 Å². The maximum Gasteiger partial charge on any atom is 0.276 e. The molecule has 0 heterocycles. The van der Waals surface area contributed by atoms with Crippen LogP contribution in [-0.2, 0) is 14.8 Å². The molecule has 0 saturated carbocycles. The fourth-order valence-electron chi connectivity index (χ4n) is 2.85. The van der Waals surface area contributed by atoms with Crippen molar-refractivity contribution in [3.05, 3.63) is 87.9 Å². The Labute approximate surface area is 200 Å². The van der Waals surface area contributed by atoms with Gasteiger partial charge in [0.2, 0.25) is 0 Å². The fraction of sp³-hybridized carbons (Fsp3) is 0.130. The molecule has 33 heavy (non-hydrogen) atoms. The summed E-state index contributed by atoms with van der Waals surface area (Å²) in [6.07, 6.45) is 0. The summed E-state index contributed by atoms with van der Waals surface area (Å²) >= 11 is 3.30. The van der Waals surface area contributed by atoms with E-state index in [-0.39, 0.29) is 17.1 Å². The molecule has 0 saturated heterocycles. The topological polar surface area (TPSA) is 114 Å². The number of aryl methyl sites for hydroxylation is 2. The molecule has 172 valence electrons. The van der Waals surface area contributed by atoms with E-state index >= 15 is 0 Å². The van der Waals surface area contributed by atoms with E-state index in [1.54, 1.807) is 43.3 Å². The van der Waals surface area contributed by atoms with Crippen molar-refractivity contribution < 1.29 is 22.7 Å². The van der Waals surface area contributed by atoms with Crippen molar-refractivity contribution in [3.63, 3.8) is 0 Å². The van der Waals surface area contributed by atoms with Crippen molar-refractivity contribution in [1.82, 2.24) is 10.9 Å². The maximum atomic E-state index is 12.8. The average Bonchev–Trinajstić information content (AvgIpc) is 2.79. The number of carbonyl (C=O) groups excluding carboxylic acids is 2. The molecular weight excluding hydrogens is 510 g/mol. The molecule has 0 spiro atoms. The minimum atomic E-state index is -3.92. The van der Waals surface area contributed by atoms with Crippen LogP contribution in [0.25, 0.3) is 0 Å². The van der Waals surface area contributed by atoms with E-state index in [0.717, 1.165) is 15.6 Å². The van der Waals surface area contributed by atoms with E-state index < -0.39 is 21.8 Å². The van der Waals surface area contributed by atoms with Crippen molar-refractivity contribution >= 4 is 43.5 Å². The number of sulfonamides is 1. The van der Waals surface area contributed by atoms with Gasteiger partial charge in [-0.1, -0.05) is 39.7 Å². The first-order valence-electron chi connectivity index (χ1n) is 9.82. The second kappa shape index (κ2) is 10.5. The number of hydrogen-bond donors (Lipinski definition) is 3. The van der Waals surface area contributed by atoms with Gasteiger partial charge in [0.1, 0.15) is 5.75 Å². The van der Waals surface area contributed by atoms with Crippen LogP contribution in [0.3, 0.4) is 0 Å². The molecule has 0 atom stereocenters. The summed E-state index contributed by atoms with van der Waals surface area (Å²) in [6, 6.07) is 17.8. The van der Waals surface area contributed by atoms with Gasteiger partial charge in [-0.2, -0.15) is 0 Å². The number of hydrazine groups is 1. The Kier molecular flexibility index (Phi) is 7.72. The summed E-state index contributed by atoms with van der Waals surface area (Å²) in [5.74, 6) is -0.754. The van der Waals surface area contributed by atoms with Gasteiger partial charge in [-0.05, 0) is 67.9 Å². The Hall–Kier alpha value is -3.37. The van der Waals surface area contributed by atoms with Crippen LogP contribution in [0.15, 0.2) is 76.1 Å². The maximum absolute atomic E-state index is 12.8. The molecule has 3 N–H and O–H groups in total. The number of nitrogens with one attached hydrogen (secondary N) is 3. The van der Waals surface area contributed by atoms with Gasteiger partial charge < -0.3 is 4.74 Å². The third kappa shape index (κ3) is 6.80.